The zero-order valence-electron chi connectivity index (χ0n) is 6.73. The Balaban J connectivity index is 2.03. The summed E-state index contributed by atoms with van der Waals surface area (Å²) >= 11 is 0. The van der Waals surface area contributed by atoms with Crippen molar-refractivity contribution in [1.82, 2.24) is 5.32 Å². The molecule has 1 spiro atoms. The Hall–Kier alpha value is -0.570. The van der Waals surface area contributed by atoms with Crippen LogP contribution in [0.3, 0.4) is 0 Å². The van der Waals surface area contributed by atoms with Gasteiger partial charge in [-0.1, -0.05) is 0 Å². The second-order valence-electron chi connectivity index (χ2n) is 3.82. The smallest absolute Gasteiger partial charge is 0.220 e. The van der Waals surface area contributed by atoms with Crippen molar-refractivity contribution in [2.24, 2.45) is 5.41 Å². The van der Waals surface area contributed by atoms with Crippen LogP contribution in [0.5, 0.6) is 0 Å². The van der Waals surface area contributed by atoms with Crippen molar-refractivity contribution in [3.63, 3.8) is 0 Å². The highest BCUT2D eigenvalue weighted by molar-refractivity contribution is 5.79. The number of quaternary nitrogens is 1. The molecule has 0 radical (unpaired) electrons. The molecule has 2 fully saturated rings. The third-order valence-electron chi connectivity index (χ3n) is 2.95. The Kier molecular flexibility index (Phi) is 1.60. The van der Waals surface area contributed by atoms with Gasteiger partial charge in [-0.05, 0) is 0 Å². The number of nitrogens with two attached hydrogens (primary N) is 1. The summed E-state index contributed by atoms with van der Waals surface area (Å²) in [6.45, 7) is 3.34. The van der Waals surface area contributed by atoms with Crippen LogP contribution in [0.15, 0.2) is 0 Å². The van der Waals surface area contributed by atoms with Gasteiger partial charge in [0.2, 0.25) is 5.91 Å². The van der Waals surface area contributed by atoms with Crippen LogP contribution in [0.1, 0.15) is 19.3 Å². The first kappa shape index (κ1) is 7.10. The molecule has 2 heterocycles. The molecule has 0 unspecified atom stereocenters. The maximum Gasteiger partial charge on any atom is 0.220 e. The second kappa shape index (κ2) is 2.48. The normalized spacial score (nSPS) is 28.9. The van der Waals surface area contributed by atoms with Crippen molar-refractivity contribution >= 4 is 5.91 Å². The Labute approximate surface area is 66.5 Å². The SMILES string of the molecule is O=C1CC2(CC[NH2+]CC2)CN1. The van der Waals surface area contributed by atoms with Crippen LogP contribution in [0.2, 0.25) is 0 Å². The fourth-order valence-corrected chi connectivity index (χ4v) is 2.19. The van der Waals surface area contributed by atoms with Crippen LogP contribution in [0.25, 0.3) is 0 Å². The third kappa shape index (κ3) is 1.25. The molecule has 0 atom stereocenters. The summed E-state index contributed by atoms with van der Waals surface area (Å²) in [4.78, 5) is 11.0. The van der Waals surface area contributed by atoms with E-state index in [4.69, 9.17) is 0 Å². The van der Waals surface area contributed by atoms with Gasteiger partial charge in [-0.2, -0.15) is 0 Å². The molecular formula is C8H15N2O+. The zero-order valence-corrected chi connectivity index (χ0v) is 6.73. The Morgan fingerprint density at radius 2 is 2.09 bits per heavy atom. The van der Waals surface area contributed by atoms with E-state index in [1.165, 1.54) is 25.9 Å². The van der Waals surface area contributed by atoms with Crippen LogP contribution in [0.4, 0.5) is 0 Å². The number of amides is 1. The molecule has 0 aromatic heterocycles. The minimum Gasteiger partial charge on any atom is -0.356 e. The summed E-state index contributed by atoms with van der Waals surface area (Å²) in [5.41, 5.74) is 0.353. The lowest BCUT2D eigenvalue weighted by Gasteiger charge is -2.29. The molecular weight excluding hydrogens is 140 g/mol. The van der Waals surface area contributed by atoms with Crippen LogP contribution < -0.4 is 10.6 Å². The van der Waals surface area contributed by atoms with Crippen molar-refractivity contribution in [2.75, 3.05) is 19.6 Å². The maximum atomic E-state index is 11.0. The number of hydrogen-bond donors (Lipinski definition) is 2. The number of hydrogen-bond acceptors (Lipinski definition) is 1. The maximum absolute atomic E-state index is 11.0. The van der Waals surface area contributed by atoms with Gasteiger partial charge in [0.1, 0.15) is 0 Å². The van der Waals surface area contributed by atoms with E-state index in [9.17, 15) is 4.79 Å². The summed E-state index contributed by atoms with van der Waals surface area (Å²) < 4.78 is 0. The first-order valence-corrected chi connectivity index (χ1v) is 4.39. The lowest BCUT2D eigenvalue weighted by Crippen LogP contribution is -2.87. The molecule has 3 N–H and O–H groups in total. The quantitative estimate of drug-likeness (QED) is 0.456. The van der Waals surface area contributed by atoms with Crippen LogP contribution in [0, 0.1) is 5.41 Å². The van der Waals surface area contributed by atoms with E-state index in [1.54, 1.807) is 0 Å². The first-order chi connectivity index (χ1) is 5.31. The molecule has 62 valence electrons. The van der Waals surface area contributed by atoms with Crippen molar-refractivity contribution in [2.45, 2.75) is 19.3 Å². The van der Waals surface area contributed by atoms with Gasteiger partial charge >= 0.3 is 0 Å². The van der Waals surface area contributed by atoms with E-state index in [0.717, 1.165) is 13.0 Å². The lowest BCUT2D eigenvalue weighted by molar-refractivity contribution is -0.667. The minimum atomic E-state index is 0.256. The standard InChI is InChI=1S/C8H14N2O/c11-7-5-8(6-10-7)1-3-9-4-2-8/h9H,1-6H2,(H,10,11)/p+1. The van der Waals surface area contributed by atoms with Gasteiger partial charge in [0, 0.05) is 31.2 Å². The fraction of sp³-hybridized carbons (Fsp3) is 0.875. The van der Waals surface area contributed by atoms with Gasteiger partial charge in [0.15, 0.2) is 0 Å². The van der Waals surface area contributed by atoms with Crippen molar-refractivity contribution < 1.29 is 10.1 Å². The average molecular weight is 155 g/mol. The predicted molar refractivity (Wildman–Crippen MR) is 41.0 cm³/mol. The summed E-state index contributed by atoms with van der Waals surface area (Å²) in [5.74, 6) is 0.256. The van der Waals surface area contributed by atoms with Gasteiger partial charge in [0.05, 0.1) is 13.1 Å². The van der Waals surface area contributed by atoms with E-state index in [1.807, 2.05) is 0 Å². The van der Waals surface area contributed by atoms with Crippen molar-refractivity contribution in [1.29, 1.82) is 0 Å². The summed E-state index contributed by atoms with van der Waals surface area (Å²) in [5, 5.41) is 5.27. The molecule has 1 amide bonds. The largest absolute Gasteiger partial charge is 0.356 e. The summed E-state index contributed by atoms with van der Waals surface area (Å²) in [7, 11) is 0. The van der Waals surface area contributed by atoms with E-state index in [-0.39, 0.29) is 5.91 Å². The number of carbonyl (C=O) groups excluding carboxylic acids is 1. The second-order valence-corrected chi connectivity index (χ2v) is 3.82. The number of nitrogens with one attached hydrogen (secondary N) is 1. The van der Waals surface area contributed by atoms with E-state index < -0.39 is 0 Å². The molecule has 0 bridgehead atoms. The van der Waals surface area contributed by atoms with E-state index in [0.29, 0.717) is 5.41 Å². The highest BCUT2D eigenvalue weighted by Gasteiger charge is 2.40. The summed E-state index contributed by atoms with van der Waals surface area (Å²) in [6, 6.07) is 0. The first-order valence-electron chi connectivity index (χ1n) is 4.39. The van der Waals surface area contributed by atoms with Crippen molar-refractivity contribution in [3.05, 3.63) is 0 Å². The lowest BCUT2D eigenvalue weighted by atomic mass is 9.78. The monoisotopic (exact) mass is 155 g/mol. The molecule has 3 nitrogen and oxygen atoms in total. The van der Waals surface area contributed by atoms with E-state index in [2.05, 4.69) is 10.6 Å². The molecule has 11 heavy (non-hydrogen) atoms. The van der Waals surface area contributed by atoms with Crippen LogP contribution >= 0.6 is 0 Å². The molecule has 0 aliphatic carbocycles. The average Bonchev–Trinajstić information content (AvgIpc) is 2.34. The summed E-state index contributed by atoms with van der Waals surface area (Å²) in [6.07, 6.45) is 3.21. The molecule has 0 aromatic carbocycles. The van der Waals surface area contributed by atoms with E-state index >= 15 is 0 Å². The van der Waals surface area contributed by atoms with Gasteiger partial charge in [-0.15, -0.1) is 0 Å². The molecule has 2 aliphatic rings. The number of piperidine rings is 1. The topological polar surface area (TPSA) is 45.7 Å². The highest BCUT2D eigenvalue weighted by atomic mass is 16.1. The van der Waals surface area contributed by atoms with Gasteiger partial charge in [-0.3, -0.25) is 4.79 Å². The molecule has 2 rings (SSSR count). The molecule has 3 heteroatoms. The van der Waals surface area contributed by atoms with Crippen LogP contribution in [-0.2, 0) is 4.79 Å². The molecule has 2 aliphatic heterocycles. The molecule has 0 saturated carbocycles. The van der Waals surface area contributed by atoms with Crippen LogP contribution in [-0.4, -0.2) is 25.5 Å². The fourth-order valence-electron chi connectivity index (χ4n) is 2.19. The van der Waals surface area contributed by atoms with Gasteiger partial charge in [-0.25, -0.2) is 0 Å². The Bertz CT molecular complexity index is 173. The molecule has 0 aromatic rings. The minimum absolute atomic E-state index is 0.256. The predicted octanol–water partition coefficient (Wildman–Crippen LogP) is -1.15. The molecule has 2 saturated heterocycles. The Morgan fingerprint density at radius 1 is 1.36 bits per heavy atom. The van der Waals surface area contributed by atoms with Gasteiger partial charge in [0.25, 0.3) is 0 Å². The Morgan fingerprint density at radius 3 is 2.64 bits per heavy atom. The van der Waals surface area contributed by atoms with Crippen molar-refractivity contribution in [3.8, 4) is 0 Å². The highest BCUT2D eigenvalue weighted by Crippen LogP contribution is 2.33. The van der Waals surface area contributed by atoms with Gasteiger partial charge < -0.3 is 10.6 Å². The third-order valence-corrected chi connectivity index (χ3v) is 2.95. The number of rotatable bonds is 0. The number of carbonyl (C=O) groups is 1. The zero-order chi connectivity index (χ0) is 7.73.